The molecule has 0 aromatic carbocycles. The normalized spacial score (nSPS) is 22.5. The molecule has 0 saturated heterocycles. The molecule has 2 rings (SSSR count). The lowest BCUT2D eigenvalue weighted by Gasteiger charge is -2.49. The van der Waals surface area contributed by atoms with Crippen molar-refractivity contribution in [2.45, 2.75) is 78.1 Å². The third kappa shape index (κ3) is 3.56. The maximum Gasteiger partial charge on any atom is 0.313 e. The smallest absolute Gasteiger partial charge is 0.313 e. The van der Waals surface area contributed by atoms with Gasteiger partial charge in [-0.1, -0.05) is 45.4 Å². The van der Waals surface area contributed by atoms with Crippen molar-refractivity contribution in [3.05, 3.63) is 0 Å². The molecular formula is C19H32O4. The first kappa shape index (κ1) is 18.3. The van der Waals surface area contributed by atoms with Gasteiger partial charge in [-0.25, -0.2) is 0 Å². The Morgan fingerprint density at radius 3 is 1.78 bits per heavy atom. The standard InChI is InChI=1S/C19H32O4/c1-3-23-18(22)19(14(2)17(20)21,15-10-6-4-7-11-15)16-12-8-5-9-13-16/h14-16H,3-13H2,1-2H3,(H,20,21). The Labute approximate surface area is 140 Å². The van der Waals surface area contributed by atoms with E-state index in [9.17, 15) is 14.7 Å². The second kappa shape index (κ2) is 8.16. The fourth-order valence-electron chi connectivity index (χ4n) is 5.17. The lowest BCUT2D eigenvalue weighted by Crippen LogP contribution is -2.54. The number of carbonyl (C=O) groups excluding carboxylic acids is 1. The van der Waals surface area contributed by atoms with Crippen LogP contribution in [0.5, 0.6) is 0 Å². The summed E-state index contributed by atoms with van der Waals surface area (Å²) < 4.78 is 5.48. The number of rotatable bonds is 6. The van der Waals surface area contributed by atoms with Crippen LogP contribution in [0.4, 0.5) is 0 Å². The number of hydrogen-bond acceptors (Lipinski definition) is 3. The lowest BCUT2D eigenvalue weighted by atomic mass is 9.54. The summed E-state index contributed by atoms with van der Waals surface area (Å²) in [5.74, 6) is -1.45. The molecule has 0 bridgehead atoms. The fraction of sp³-hybridized carbons (Fsp3) is 0.895. The summed E-state index contributed by atoms with van der Waals surface area (Å²) in [4.78, 5) is 25.1. The molecule has 0 aliphatic heterocycles. The van der Waals surface area contributed by atoms with Crippen LogP contribution in [-0.4, -0.2) is 23.7 Å². The molecule has 0 aromatic heterocycles. The Morgan fingerprint density at radius 1 is 1.00 bits per heavy atom. The molecule has 132 valence electrons. The quantitative estimate of drug-likeness (QED) is 0.735. The number of carboxylic acid groups (broad SMARTS) is 1. The van der Waals surface area contributed by atoms with Gasteiger partial charge in [-0.2, -0.15) is 0 Å². The monoisotopic (exact) mass is 324 g/mol. The molecule has 0 spiro atoms. The Kier molecular flexibility index (Phi) is 6.49. The third-order valence-electron chi connectivity index (χ3n) is 6.28. The molecule has 1 atom stereocenters. The van der Waals surface area contributed by atoms with Crippen molar-refractivity contribution in [1.29, 1.82) is 0 Å². The highest BCUT2D eigenvalue weighted by Gasteiger charge is 2.57. The molecule has 2 saturated carbocycles. The predicted molar refractivity (Wildman–Crippen MR) is 89.0 cm³/mol. The topological polar surface area (TPSA) is 63.6 Å². The van der Waals surface area contributed by atoms with Gasteiger partial charge in [0.1, 0.15) is 0 Å². The van der Waals surface area contributed by atoms with E-state index in [2.05, 4.69) is 0 Å². The third-order valence-corrected chi connectivity index (χ3v) is 6.28. The van der Waals surface area contributed by atoms with Gasteiger partial charge in [-0.3, -0.25) is 9.59 Å². The van der Waals surface area contributed by atoms with Crippen molar-refractivity contribution in [3.63, 3.8) is 0 Å². The zero-order valence-electron chi connectivity index (χ0n) is 14.7. The van der Waals surface area contributed by atoms with Crippen LogP contribution >= 0.6 is 0 Å². The predicted octanol–water partition coefficient (Wildman–Crippen LogP) is 4.42. The van der Waals surface area contributed by atoms with Crippen LogP contribution in [0.15, 0.2) is 0 Å². The average Bonchev–Trinajstić information content (AvgIpc) is 2.57. The van der Waals surface area contributed by atoms with Crippen molar-refractivity contribution < 1.29 is 19.4 Å². The molecule has 2 aliphatic rings. The van der Waals surface area contributed by atoms with Crippen molar-refractivity contribution >= 4 is 11.9 Å². The van der Waals surface area contributed by atoms with Crippen molar-refractivity contribution in [3.8, 4) is 0 Å². The minimum absolute atomic E-state index is 0.157. The summed E-state index contributed by atoms with van der Waals surface area (Å²) in [6, 6.07) is 0. The number of ether oxygens (including phenoxy) is 1. The summed E-state index contributed by atoms with van der Waals surface area (Å²) in [5.41, 5.74) is -0.831. The molecule has 0 aromatic rings. The highest BCUT2D eigenvalue weighted by Crippen LogP contribution is 2.54. The molecule has 2 aliphatic carbocycles. The molecule has 0 heterocycles. The van der Waals surface area contributed by atoms with E-state index in [-0.39, 0.29) is 17.8 Å². The zero-order chi connectivity index (χ0) is 16.9. The second-order valence-corrected chi connectivity index (χ2v) is 7.38. The van der Waals surface area contributed by atoms with Crippen LogP contribution in [-0.2, 0) is 14.3 Å². The van der Waals surface area contributed by atoms with Crippen LogP contribution in [0.3, 0.4) is 0 Å². The zero-order valence-corrected chi connectivity index (χ0v) is 14.7. The van der Waals surface area contributed by atoms with Gasteiger partial charge in [0, 0.05) is 0 Å². The van der Waals surface area contributed by atoms with Gasteiger partial charge in [-0.15, -0.1) is 0 Å². The van der Waals surface area contributed by atoms with Gasteiger partial charge in [0.05, 0.1) is 17.9 Å². The van der Waals surface area contributed by atoms with E-state index in [0.717, 1.165) is 51.4 Å². The van der Waals surface area contributed by atoms with Crippen molar-refractivity contribution in [1.82, 2.24) is 0 Å². The Bertz CT molecular complexity index is 388. The van der Waals surface area contributed by atoms with Crippen LogP contribution < -0.4 is 0 Å². The van der Waals surface area contributed by atoms with Crippen molar-refractivity contribution in [2.24, 2.45) is 23.2 Å². The highest BCUT2D eigenvalue weighted by molar-refractivity contribution is 5.85. The van der Waals surface area contributed by atoms with E-state index >= 15 is 0 Å². The number of hydrogen-bond donors (Lipinski definition) is 1. The molecule has 0 amide bonds. The molecule has 4 nitrogen and oxygen atoms in total. The molecule has 0 radical (unpaired) electrons. The minimum atomic E-state index is -0.853. The van der Waals surface area contributed by atoms with Gasteiger partial charge in [0.2, 0.25) is 0 Å². The van der Waals surface area contributed by atoms with Gasteiger partial charge in [-0.05, 0) is 44.4 Å². The number of esters is 1. The van der Waals surface area contributed by atoms with Gasteiger partial charge in [0.15, 0.2) is 0 Å². The Morgan fingerprint density at radius 2 is 1.43 bits per heavy atom. The van der Waals surface area contributed by atoms with Gasteiger partial charge < -0.3 is 9.84 Å². The summed E-state index contributed by atoms with van der Waals surface area (Å²) >= 11 is 0. The van der Waals surface area contributed by atoms with E-state index in [0.29, 0.717) is 6.61 Å². The molecule has 2 fully saturated rings. The maximum absolute atomic E-state index is 13.1. The SMILES string of the molecule is CCOC(=O)C(C1CCCCC1)(C1CCCCC1)C(C)C(=O)O. The number of carbonyl (C=O) groups is 2. The van der Waals surface area contributed by atoms with E-state index in [1.807, 2.05) is 6.92 Å². The van der Waals surface area contributed by atoms with Crippen LogP contribution in [0.1, 0.15) is 78.1 Å². The molecule has 1 N–H and O–H groups in total. The lowest BCUT2D eigenvalue weighted by molar-refractivity contribution is -0.181. The first-order valence-electron chi connectivity index (χ1n) is 9.45. The largest absolute Gasteiger partial charge is 0.481 e. The molecule has 4 heteroatoms. The van der Waals surface area contributed by atoms with E-state index in [1.165, 1.54) is 12.8 Å². The van der Waals surface area contributed by atoms with Crippen LogP contribution in [0, 0.1) is 23.2 Å². The Balaban J connectivity index is 2.45. The summed E-state index contributed by atoms with van der Waals surface area (Å²) in [5, 5.41) is 9.79. The summed E-state index contributed by atoms with van der Waals surface area (Å²) in [6.45, 7) is 3.88. The fourth-order valence-corrected chi connectivity index (χ4v) is 5.17. The van der Waals surface area contributed by atoms with Gasteiger partial charge in [0.25, 0.3) is 0 Å². The summed E-state index contributed by atoms with van der Waals surface area (Å²) in [6.07, 6.45) is 10.7. The van der Waals surface area contributed by atoms with Gasteiger partial charge >= 0.3 is 11.9 Å². The minimum Gasteiger partial charge on any atom is -0.481 e. The first-order chi connectivity index (χ1) is 11.0. The van der Waals surface area contributed by atoms with E-state index in [1.54, 1.807) is 6.92 Å². The van der Waals surface area contributed by atoms with Crippen LogP contribution in [0.2, 0.25) is 0 Å². The number of aliphatic carboxylic acids is 1. The molecular weight excluding hydrogens is 292 g/mol. The van der Waals surface area contributed by atoms with Crippen LogP contribution in [0.25, 0.3) is 0 Å². The maximum atomic E-state index is 13.1. The Hall–Kier alpha value is -1.06. The highest BCUT2D eigenvalue weighted by atomic mass is 16.5. The molecule has 1 unspecified atom stereocenters. The summed E-state index contributed by atoms with van der Waals surface area (Å²) in [7, 11) is 0. The average molecular weight is 324 g/mol. The van der Waals surface area contributed by atoms with E-state index in [4.69, 9.17) is 4.74 Å². The molecule has 23 heavy (non-hydrogen) atoms. The number of carboxylic acids is 1. The first-order valence-corrected chi connectivity index (χ1v) is 9.45. The second-order valence-electron chi connectivity index (χ2n) is 7.38. The van der Waals surface area contributed by atoms with E-state index < -0.39 is 17.3 Å². The van der Waals surface area contributed by atoms with Crippen molar-refractivity contribution in [2.75, 3.05) is 6.61 Å².